The quantitative estimate of drug-likeness (QED) is 0.774. The minimum Gasteiger partial charge on any atom is -0.496 e. The Labute approximate surface area is 106 Å². The molecular formula is C15H16O3. The first kappa shape index (κ1) is 12.4. The van der Waals surface area contributed by atoms with E-state index in [-0.39, 0.29) is 0 Å². The molecule has 1 heterocycles. The van der Waals surface area contributed by atoms with Gasteiger partial charge < -0.3 is 9.15 Å². The Balaban J connectivity index is 2.28. The van der Waals surface area contributed by atoms with Gasteiger partial charge in [-0.15, -0.1) is 0 Å². The largest absolute Gasteiger partial charge is 0.496 e. The normalized spacial score (nSPS) is 10.4. The van der Waals surface area contributed by atoms with Gasteiger partial charge in [0.05, 0.1) is 7.11 Å². The highest BCUT2D eigenvalue weighted by molar-refractivity contribution is 5.70. The molecule has 0 unspecified atom stereocenters. The second-order valence-corrected chi connectivity index (χ2v) is 4.35. The van der Waals surface area contributed by atoms with Crippen molar-refractivity contribution in [1.29, 1.82) is 0 Å². The SMILES string of the molecule is COc1cc(C)c(Cc2ccc(C=O)o2)cc1C. The summed E-state index contributed by atoms with van der Waals surface area (Å²) in [6.07, 6.45) is 1.40. The summed E-state index contributed by atoms with van der Waals surface area (Å²) in [7, 11) is 1.67. The van der Waals surface area contributed by atoms with Gasteiger partial charge in [-0.05, 0) is 48.7 Å². The summed E-state index contributed by atoms with van der Waals surface area (Å²) in [4.78, 5) is 10.6. The molecule has 94 valence electrons. The fraction of sp³-hybridized carbons (Fsp3) is 0.267. The first-order valence-corrected chi connectivity index (χ1v) is 5.82. The van der Waals surface area contributed by atoms with Crippen molar-refractivity contribution >= 4 is 6.29 Å². The van der Waals surface area contributed by atoms with Gasteiger partial charge in [0.15, 0.2) is 12.0 Å². The van der Waals surface area contributed by atoms with Crippen LogP contribution in [0.4, 0.5) is 0 Å². The predicted molar refractivity (Wildman–Crippen MR) is 69.4 cm³/mol. The van der Waals surface area contributed by atoms with E-state index >= 15 is 0 Å². The molecule has 0 aliphatic rings. The lowest BCUT2D eigenvalue weighted by Gasteiger charge is -2.10. The second kappa shape index (κ2) is 5.08. The second-order valence-electron chi connectivity index (χ2n) is 4.35. The van der Waals surface area contributed by atoms with Crippen molar-refractivity contribution in [2.24, 2.45) is 0 Å². The van der Waals surface area contributed by atoms with Crippen LogP contribution in [0.2, 0.25) is 0 Å². The number of benzene rings is 1. The molecule has 0 saturated heterocycles. The first-order valence-electron chi connectivity index (χ1n) is 5.82. The maximum Gasteiger partial charge on any atom is 0.185 e. The van der Waals surface area contributed by atoms with Gasteiger partial charge in [0, 0.05) is 6.42 Å². The van der Waals surface area contributed by atoms with E-state index in [2.05, 4.69) is 6.07 Å². The van der Waals surface area contributed by atoms with Gasteiger partial charge in [0.2, 0.25) is 0 Å². The van der Waals surface area contributed by atoms with E-state index in [0.717, 1.165) is 28.9 Å². The first-order chi connectivity index (χ1) is 8.63. The Morgan fingerprint density at radius 3 is 2.61 bits per heavy atom. The molecular weight excluding hydrogens is 228 g/mol. The number of hydrogen-bond acceptors (Lipinski definition) is 3. The lowest BCUT2D eigenvalue weighted by molar-refractivity contribution is 0.109. The van der Waals surface area contributed by atoms with Crippen molar-refractivity contribution < 1.29 is 13.9 Å². The van der Waals surface area contributed by atoms with Crippen LogP contribution in [-0.2, 0) is 6.42 Å². The van der Waals surface area contributed by atoms with Crippen LogP contribution in [0.25, 0.3) is 0 Å². The number of rotatable bonds is 4. The number of ether oxygens (including phenoxy) is 1. The monoisotopic (exact) mass is 244 g/mol. The molecule has 0 atom stereocenters. The van der Waals surface area contributed by atoms with Gasteiger partial charge in [-0.1, -0.05) is 6.07 Å². The summed E-state index contributed by atoms with van der Waals surface area (Å²) >= 11 is 0. The van der Waals surface area contributed by atoms with Crippen LogP contribution >= 0.6 is 0 Å². The summed E-state index contributed by atoms with van der Waals surface area (Å²) in [6.45, 7) is 4.06. The van der Waals surface area contributed by atoms with E-state index in [4.69, 9.17) is 9.15 Å². The standard InChI is InChI=1S/C15H16O3/c1-10-7-15(17-3)11(2)6-12(10)8-13-4-5-14(9-16)18-13/h4-7,9H,8H2,1-3H3. The number of methoxy groups -OCH3 is 1. The van der Waals surface area contributed by atoms with E-state index in [9.17, 15) is 4.79 Å². The highest BCUT2D eigenvalue weighted by atomic mass is 16.5. The van der Waals surface area contributed by atoms with Crippen molar-refractivity contribution in [2.75, 3.05) is 7.11 Å². The molecule has 0 saturated carbocycles. The van der Waals surface area contributed by atoms with Crippen molar-refractivity contribution in [3.63, 3.8) is 0 Å². The molecule has 0 fully saturated rings. The molecule has 0 bridgehead atoms. The lowest BCUT2D eigenvalue weighted by Crippen LogP contribution is -1.95. The number of aryl methyl sites for hydroxylation is 2. The molecule has 0 amide bonds. The summed E-state index contributed by atoms with van der Waals surface area (Å²) in [5.74, 6) is 2.06. The molecule has 3 nitrogen and oxygen atoms in total. The smallest absolute Gasteiger partial charge is 0.185 e. The fourth-order valence-electron chi connectivity index (χ4n) is 2.00. The summed E-state index contributed by atoms with van der Waals surface area (Å²) < 4.78 is 10.7. The minimum absolute atomic E-state index is 0.368. The molecule has 2 rings (SSSR count). The van der Waals surface area contributed by atoms with Crippen molar-refractivity contribution in [1.82, 2.24) is 0 Å². The van der Waals surface area contributed by atoms with Gasteiger partial charge >= 0.3 is 0 Å². The number of carbonyl (C=O) groups excluding carboxylic acids is 1. The molecule has 0 N–H and O–H groups in total. The van der Waals surface area contributed by atoms with E-state index in [1.807, 2.05) is 26.0 Å². The van der Waals surface area contributed by atoms with Crippen molar-refractivity contribution in [2.45, 2.75) is 20.3 Å². The highest BCUT2D eigenvalue weighted by Gasteiger charge is 2.08. The molecule has 0 spiro atoms. The topological polar surface area (TPSA) is 39.4 Å². The third kappa shape index (κ3) is 2.45. The van der Waals surface area contributed by atoms with E-state index in [0.29, 0.717) is 12.2 Å². The molecule has 1 aromatic carbocycles. The average molecular weight is 244 g/mol. The predicted octanol–water partition coefficient (Wildman–Crippen LogP) is 3.31. The molecule has 0 radical (unpaired) electrons. The Hall–Kier alpha value is -2.03. The van der Waals surface area contributed by atoms with Crippen LogP contribution in [0.5, 0.6) is 5.75 Å². The van der Waals surface area contributed by atoms with Crippen molar-refractivity contribution in [3.8, 4) is 5.75 Å². The number of carbonyl (C=O) groups is 1. The van der Waals surface area contributed by atoms with E-state index in [1.165, 1.54) is 5.56 Å². The minimum atomic E-state index is 0.368. The van der Waals surface area contributed by atoms with Gasteiger partial charge in [-0.25, -0.2) is 0 Å². The zero-order valence-electron chi connectivity index (χ0n) is 10.8. The maximum absolute atomic E-state index is 10.6. The van der Waals surface area contributed by atoms with Crippen LogP contribution in [0.15, 0.2) is 28.7 Å². The third-order valence-electron chi connectivity index (χ3n) is 3.02. The van der Waals surface area contributed by atoms with E-state index < -0.39 is 0 Å². The van der Waals surface area contributed by atoms with Crippen LogP contribution < -0.4 is 4.74 Å². The van der Waals surface area contributed by atoms with Gasteiger partial charge in [-0.3, -0.25) is 4.79 Å². The summed E-state index contributed by atoms with van der Waals surface area (Å²) in [5, 5.41) is 0. The maximum atomic E-state index is 10.6. The Kier molecular flexibility index (Phi) is 3.51. The van der Waals surface area contributed by atoms with Gasteiger partial charge in [-0.2, -0.15) is 0 Å². The Morgan fingerprint density at radius 2 is 2.00 bits per heavy atom. The van der Waals surface area contributed by atoms with Crippen molar-refractivity contribution in [3.05, 3.63) is 52.5 Å². The molecule has 0 aliphatic heterocycles. The highest BCUT2D eigenvalue weighted by Crippen LogP contribution is 2.24. The molecule has 2 aromatic rings. The summed E-state index contributed by atoms with van der Waals surface area (Å²) in [6, 6.07) is 7.64. The zero-order chi connectivity index (χ0) is 13.1. The molecule has 3 heteroatoms. The van der Waals surface area contributed by atoms with Gasteiger partial charge in [0.1, 0.15) is 11.5 Å². The Bertz CT molecular complexity index is 567. The van der Waals surface area contributed by atoms with Crippen LogP contribution in [0.1, 0.15) is 33.0 Å². The van der Waals surface area contributed by atoms with Gasteiger partial charge in [0.25, 0.3) is 0 Å². The van der Waals surface area contributed by atoms with Crippen LogP contribution in [0, 0.1) is 13.8 Å². The number of furan rings is 1. The Morgan fingerprint density at radius 1 is 1.22 bits per heavy atom. The third-order valence-corrected chi connectivity index (χ3v) is 3.02. The number of aldehydes is 1. The lowest BCUT2D eigenvalue weighted by atomic mass is 10.0. The summed E-state index contributed by atoms with van der Waals surface area (Å²) in [5.41, 5.74) is 3.43. The molecule has 1 aromatic heterocycles. The van der Waals surface area contributed by atoms with E-state index in [1.54, 1.807) is 13.2 Å². The number of hydrogen-bond donors (Lipinski definition) is 0. The molecule has 18 heavy (non-hydrogen) atoms. The van der Waals surface area contributed by atoms with Crippen LogP contribution in [0.3, 0.4) is 0 Å². The average Bonchev–Trinajstić information content (AvgIpc) is 2.81. The molecule has 0 aliphatic carbocycles. The fourth-order valence-corrected chi connectivity index (χ4v) is 2.00. The zero-order valence-corrected chi connectivity index (χ0v) is 10.8. The van der Waals surface area contributed by atoms with Crippen LogP contribution in [-0.4, -0.2) is 13.4 Å².